The van der Waals surface area contributed by atoms with Crippen molar-refractivity contribution in [3.8, 4) is 5.75 Å². The smallest absolute Gasteiger partial charge is 0.119 e. The van der Waals surface area contributed by atoms with Crippen molar-refractivity contribution in [2.24, 2.45) is 5.92 Å². The summed E-state index contributed by atoms with van der Waals surface area (Å²) in [5, 5.41) is 9.73. The molecule has 0 fully saturated rings. The molecule has 0 aliphatic heterocycles. The number of aliphatic hydroxyl groups excluding tert-OH is 1. The van der Waals surface area contributed by atoms with Crippen molar-refractivity contribution in [1.29, 1.82) is 0 Å². The van der Waals surface area contributed by atoms with E-state index in [1.54, 1.807) is 7.11 Å². The summed E-state index contributed by atoms with van der Waals surface area (Å²) < 4.78 is 5.25. The fourth-order valence-electron chi connectivity index (χ4n) is 2.37. The fraction of sp³-hybridized carbons (Fsp3) is 0.467. The van der Waals surface area contributed by atoms with Crippen molar-refractivity contribution in [1.82, 2.24) is 0 Å². The van der Waals surface area contributed by atoms with E-state index in [2.05, 4.69) is 25.1 Å². The number of aliphatic hydroxyl groups is 1. The first-order valence-electron chi connectivity index (χ1n) is 6.19. The van der Waals surface area contributed by atoms with E-state index in [0.29, 0.717) is 0 Å². The Kier molecular flexibility index (Phi) is 3.53. The molecule has 1 aliphatic rings. The summed E-state index contributed by atoms with van der Waals surface area (Å²) >= 11 is 0. The molecular weight excluding hydrogens is 212 g/mol. The third-order valence-corrected chi connectivity index (χ3v) is 3.62. The summed E-state index contributed by atoms with van der Waals surface area (Å²) in [5.74, 6) is 1.09. The van der Waals surface area contributed by atoms with Gasteiger partial charge in [-0.3, -0.25) is 0 Å². The Morgan fingerprint density at radius 1 is 1.29 bits per heavy atom. The number of fused-ring (bicyclic) bond motifs is 1. The molecule has 0 amide bonds. The van der Waals surface area contributed by atoms with Crippen LogP contribution in [0.5, 0.6) is 5.75 Å². The topological polar surface area (TPSA) is 29.5 Å². The molecule has 2 atom stereocenters. The van der Waals surface area contributed by atoms with E-state index in [-0.39, 0.29) is 12.0 Å². The van der Waals surface area contributed by atoms with Gasteiger partial charge in [0.1, 0.15) is 5.75 Å². The normalized spacial score (nSPS) is 18.0. The van der Waals surface area contributed by atoms with Crippen LogP contribution >= 0.6 is 0 Å². The Hall–Kier alpha value is -1.28. The standard InChI is InChI=1S/C15H20O2/c1-10(11(2)16)14-6-4-5-12-9-13(17-3)7-8-15(12)14/h6-11,16H,4-5H2,1-3H3/t10-,11+/m0/s1. The van der Waals surface area contributed by atoms with Crippen LogP contribution in [0.15, 0.2) is 24.3 Å². The van der Waals surface area contributed by atoms with Crippen LogP contribution in [0.4, 0.5) is 0 Å². The lowest BCUT2D eigenvalue weighted by Gasteiger charge is -2.25. The number of rotatable bonds is 3. The Labute approximate surface area is 103 Å². The van der Waals surface area contributed by atoms with Gasteiger partial charge in [0.25, 0.3) is 0 Å². The van der Waals surface area contributed by atoms with Gasteiger partial charge in [0.05, 0.1) is 13.2 Å². The summed E-state index contributed by atoms with van der Waals surface area (Å²) in [7, 11) is 1.69. The first-order chi connectivity index (χ1) is 8.13. The summed E-state index contributed by atoms with van der Waals surface area (Å²) in [4.78, 5) is 0. The van der Waals surface area contributed by atoms with E-state index in [1.807, 2.05) is 13.0 Å². The van der Waals surface area contributed by atoms with E-state index in [9.17, 15) is 5.11 Å². The van der Waals surface area contributed by atoms with Gasteiger partial charge in [-0.1, -0.05) is 19.1 Å². The second-order valence-electron chi connectivity index (χ2n) is 4.75. The number of aryl methyl sites for hydroxylation is 1. The van der Waals surface area contributed by atoms with Crippen molar-refractivity contribution in [3.63, 3.8) is 0 Å². The van der Waals surface area contributed by atoms with Gasteiger partial charge in [0.2, 0.25) is 0 Å². The molecule has 0 radical (unpaired) electrons. The van der Waals surface area contributed by atoms with Crippen molar-refractivity contribution in [2.75, 3.05) is 7.11 Å². The maximum atomic E-state index is 9.73. The maximum Gasteiger partial charge on any atom is 0.119 e. The SMILES string of the molecule is COc1ccc2c(c1)CCC=C2[C@@H](C)[C@@H](C)O. The van der Waals surface area contributed by atoms with E-state index in [0.717, 1.165) is 18.6 Å². The van der Waals surface area contributed by atoms with Crippen molar-refractivity contribution < 1.29 is 9.84 Å². The second-order valence-corrected chi connectivity index (χ2v) is 4.75. The summed E-state index contributed by atoms with van der Waals surface area (Å²) in [5.41, 5.74) is 3.86. The number of methoxy groups -OCH3 is 1. The Morgan fingerprint density at radius 2 is 2.06 bits per heavy atom. The predicted molar refractivity (Wildman–Crippen MR) is 70.1 cm³/mol. The quantitative estimate of drug-likeness (QED) is 0.868. The molecule has 1 aromatic carbocycles. The highest BCUT2D eigenvalue weighted by atomic mass is 16.5. The average Bonchev–Trinajstić information content (AvgIpc) is 2.36. The van der Waals surface area contributed by atoms with Gasteiger partial charge in [0.15, 0.2) is 0 Å². The van der Waals surface area contributed by atoms with E-state index < -0.39 is 0 Å². The molecule has 0 bridgehead atoms. The molecule has 0 unspecified atom stereocenters. The average molecular weight is 232 g/mol. The minimum absolute atomic E-state index is 0.183. The number of allylic oxidation sites excluding steroid dienone is 1. The van der Waals surface area contributed by atoms with Gasteiger partial charge < -0.3 is 9.84 Å². The summed E-state index contributed by atoms with van der Waals surface area (Å²) in [6.45, 7) is 3.93. The zero-order valence-corrected chi connectivity index (χ0v) is 10.7. The van der Waals surface area contributed by atoms with Gasteiger partial charge in [-0.05, 0) is 48.6 Å². The minimum Gasteiger partial charge on any atom is -0.497 e. The molecular formula is C15H20O2. The fourth-order valence-corrected chi connectivity index (χ4v) is 2.37. The van der Waals surface area contributed by atoms with Crippen molar-refractivity contribution in [3.05, 3.63) is 35.4 Å². The molecule has 1 aromatic rings. The maximum absolute atomic E-state index is 9.73. The van der Waals surface area contributed by atoms with Crippen LogP contribution in [0.2, 0.25) is 0 Å². The monoisotopic (exact) mass is 232 g/mol. The molecule has 1 N–H and O–H groups in total. The molecule has 2 nitrogen and oxygen atoms in total. The third-order valence-electron chi connectivity index (χ3n) is 3.62. The zero-order valence-electron chi connectivity index (χ0n) is 10.7. The molecule has 17 heavy (non-hydrogen) atoms. The van der Waals surface area contributed by atoms with E-state index in [4.69, 9.17) is 4.74 Å². The van der Waals surface area contributed by atoms with Crippen LogP contribution in [0.1, 0.15) is 31.4 Å². The van der Waals surface area contributed by atoms with Crippen molar-refractivity contribution >= 4 is 5.57 Å². The highest BCUT2D eigenvalue weighted by Gasteiger charge is 2.21. The lowest BCUT2D eigenvalue weighted by Crippen LogP contribution is -2.17. The first kappa shape index (κ1) is 12.2. The molecule has 0 saturated carbocycles. The zero-order chi connectivity index (χ0) is 12.4. The lowest BCUT2D eigenvalue weighted by atomic mass is 9.82. The lowest BCUT2D eigenvalue weighted by molar-refractivity contribution is 0.161. The first-order valence-corrected chi connectivity index (χ1v) is 6.19. The van der Waals surface area contributed by atoms with Crippen LogP contribution in [-0.2, 0) is 6.42 Å². The van der Waals surface area contributed by atoms with Gasteiger partial charge in [-0.15, -0.1) is 0 Å². The number of hydrogen-bond acceptors (Lipinski definition) is 2. The van der Waals surface area contributed by atoms with Gasteiger partial charge >= 0.3 is 0 Å². The number of ether oxygens (including phenoxy) is 1. The number of hydrogen-bond donors (Lipinski definition) is 1. The van der Waals surface area contributed by atoms with Gasteiger partial charge in [-0.2, -0.15) is 0 Å². The van der Waals surface area contributed by atoms with Crippen LogP contribution < -0.4 is 4.74 Å². The number of benzene rings is 1. The molecule has 0 heterocycles. The Bertz CT molecular complexity index is 433. The molecule has 0 aromatic heterocycles. The van der Waals surface area contributed by atoms with Crippen LogP contribution in [-0.4, -0.2) is 18.3 Å². The molecule has 1 aliphatic carbocycles. The van der Waals surface area contributed by atoms with E-state index >= 15 is 0 Å². The largest absolute Gasteiger partial charge is 0.497 e. The van der Waals surface area contributed by atoms with Crippen LogP contribution in [0.3, 0.4) is 0 Å². The molecule has 2 heteroatoms. The third kappa shape index (κ3) is 2.37. The molecule has 0 saturated heterocycles. The summed E-state index contributed by atoms with van der Waals surface area (Å²) in [6, 6.07) is 6.21. The summed E-state index contributed by atoms with van der Waals surface area (Å²) in [6.07, 6.45) is 4.05. The molecule has 2 rings (SSSR count). The Morgan fingerprint density at radius 3 is 2.71 bits per heavy atom. The Balaban J connectivity index is 2.38. The molecule has 92 valence electrons. The van der Waals surface area contributed by atoms with Gasteiger partial charge in [-0.25, -0.2) is 0 Å². The van der Waals surface area contributed by atoms with Gasteiger partial charge in [0, 0.05) is 5.92 Å². The van der Waals surface area contributed by atoms with Crippen LogP contribution in [0, 0.1) is 5.92 Å². The highest BCUT2D eigenvalue weighted by Crippen LogP contribution is 2.34. The van der Waals surface area contributed by atoms with Crippen molar-refractivity contribution in [2.45, 2.75) is 32.8 Å². The van der Waals surface area contributed by atoms with Crippen LogP contribution in [0.25, 0.3) is 5.57 Å². The predicted octanol–water partition coefficient (Wildman–Crippen LogP) is 3.04. The molecule has 0 spiro atoms. The second kappa shape index (κ2) is 4.92. The highest BCUT2D eigenvalue weighted by molar-refractivity contribution is 5.72. The minimum atomic E-state index is -0.311. The van der Waals surface area contributed by atoms with E-state index in [1.165, 1.54) is 16.7 Å².